The Labute approximate surface area is 301 Å². The number of hydrogen-bond donors (Lipinski definition) is 0. The van der Waals surface area contributed by atoms with Crippen LogP contribution in [0.4, 0.5) is 0 Å². The lowest BCUT2D eigenvalue weighted by Gasteiger charge is -2.38. The molecule has 280 valence electrons. The Hall–Kier alpha value is -1.88. The van der Waals surface area contributed by atoms with Crippen LogP contribution in [0.3, 0.4) is 0 Å². The van der Waals surface area contributed by atoms with E-state index in [2.05, 4.69) is 0 Å². The molecule has 4 aliphatic heterocycles. The molecule has 0 aromatic carbocycles. The molecule has 6 rings (SSSR count). The SMILES string of the molecule is CC(OC(=O)CCC(=O)OCCOCCOCCOCCOC(=O)CCCCC1CCSS1)C12OC1CC1C3=C(CCC14O[C@@]42C)C(=O)OC3. The van der Waals surface area contributed by atoms with Crippen LogP contribution in [-0.4, -0.2) is 123 Å². The Balaban J connectivity index is 0.735. The average molecular weight is 743 g/mol. The highest BCUT2D eigenvalue weighted by atomic mass is 33.1. The third-order valence-electron chi connectivity index (χ3n) is 10.9. The highest BCUT2D eigenvalue weighted by Crippen LogP contribution is 2.76. The molecule has 3 saturated heterocycles. The number of fused-ring (bicyclic) bond motifs is 3. The lowest BCUT2D eigenvalue weighted by molar-refractivity contribution is -0.157. The van der Waals surface area contributed by atoms with Crippen LogP contribution in [0, 0.1) is 5.92 Å². The van der Waals surface area contributed by atoms with Gasteiger partial charge in [-0.25, -0.2) is 4.79 Å². The first-order valence-electron chi connectivity index (χ1n) is 18.0. The normalized spacial score (nSPS) is 32.3. The van der Waals surface area contributed by atoms with Crippen molar-refractivity contribution in [3.05, 3.63) is 11.1 Å². The van der Waals surface area contributed by atoms with Crippen molar-refractivity contribution in [2.75, 3.05) is 65.2 Å². The van der Waals surface area contributed by atoms with Crippen LogP contribution in [0.5, 0.6) is 0 Å². The number of esters is 4. The number of epoxide rings is 2. The largest absolute Gasteiger partial charge is 0.463 e. The topological polar surface area (TPSA) is 158 Å². The first kappa shape index (κ1) is 37.9. The second-order valence-corrected chi connectivity index (χ2v) is 16.6. The van der Waals surface area contributed by atoms with Gasteiger partial charge in [0.05, 0.1) is 58.6 Å². The van der Waals surface area contributed by atoms with E-state index in [-0.39, 0.29) is 56.6 Å². The van der Waals surface area contributed by atoms with Gasteiger partial charge in [-0.05, 0) is 57.9 Å². The summed E-state index contributed by atoms with van der Waals surface area (Å²) in [5.41, 5.74) is 0.0269. The highest BCUT2D eigenvalue weighted by molar-refractivity contribution is 8.77. The Kier molecular flexibility index (Phi) is 12.8. The lowest BCUT2D eigenvalue weighted by Crippen LogP contribution is -2.55. The van der Waals surface area contributed by atoms with E-state index in [4.69, 9.17) is 42.6 Å². The first-order valence-corrected chi connectivity index (χ1v) is 20.4. The predicted octanol–water partition coefficient (Wildman–Crippen LogP) is 3.88. The summed E-state index contributed by atoms with van der Waals surface area (Å²) in [5.74, 6) is -0.0989. The molecule has 0 bridgehead atoms. The zero-order valence-corrected chi connectivity index (χ0v) is 30.7. The molecule has 4 fully saturated rings. The number of carbonyl (C=O) groups is 4. The molecule has 0 aromatic rings. The average Bonchev–Trinajstić information content (AvgIpc) is 3.81. The number of unbranched alkanes of at least 4 members (excludes halogenated alkanes) is 1. The van der Waals surface area contributed by atoms with Crippen LogP contribution in [0.1, 0.15) is 78.1 Å². The first-order chi connectivity index (χ1) is 24.2. The molecular weight excluding hydrogens is 693 g/mol. The van der Waals surface area contributed by atoms with E-state index in [0.717, 1.165) is 29.2 Å². The molecule has 0 radical (unpaired) electrons. The van der Waals surface area contributed by atoms with Crippen molar-refractivity contribution in [2.45, 2.75) is 112 Å². The predicted molar refractivity (Wildman–Crippen MR) is 181 cm³/mol. The van der Waals surface area contributed by atoms with Gasteiger partial charge in [0.25, 0.3) is 0 Å². The van der Waals surface area contributed by atoms with Gasteiger partial charge in [-0.1, -0.05) is 28.0 Å². The van der Waals surface area contributed by atoms with Crippen molar-refractivity contribution in [2.24, 2.45) is 5.92 Å². The minimum absolute atomic E-state index is 0.0663. The maximum absolute atomic E-state index is 12.7. The van der Waals surface area contributed by atoms with Crippen molar-refractivity contribution in [3.63, 3.8) is 0 Å². The highest BCUT2D eigenvalue weighted by Gasteiger charge is 2.91. The Morgan fingerprint density at radius 3 is 2.24 bits per heavy atom. The quantitative estimate of drug-likeness (QED) is 0.0517. The maximum Gasteiger partial charge on any atom is 0.334 e. The van der Waals surface area contributed by atoms with Crippen molar-refractivity contribution in [3.8, 4) is 0 Å². The molecule has 1 saturated carbocycles. The van der Waals surface area contributed by atoms with E-state index in [9.17, 15) is 19.2 Å². The van der Waals surface area contributed by atoms with E-state index in [0.29, 0.717) is 65.3 Å². The monoisotopic (exact) mass is 742 g/mol. The van der Waals surface area contributed by atoms with Crippen molar-refractivity contribution in [1.82, 2.24) is 0 Å². The molecule has 0 N–H and O–H groups in total. The van der Waals surface area contributed by atoms with E-state index in [1.807, 2.05) is 35.4 Å². The molecule has 1 spiro atoms. The molecule has 6 unspecified atom stereocenters. The van der Waals surface area contributed by atoms with E-state index >= 15 is 0 Å². The van der Waals surface area contributed by atoms with Crippen LogP contribution in [0.25, 0.3) is 0 Å². The van der Waals surface area contributed by atoms with E-state index < -0.39 is 34.8 Å². The number of carbonyl (C=O) groups excluding carboxylic acids is 4. The van der Waals surface area contributed by atoms with Gasteiger partial charge < -0.3 is 42.6 Å². The molecule has 0 aromatic heterocycles. The molecule has 2 aliphatic carbocycles. The molecule has 0 amide bonds. The molecular formula is C35H50O13S2. The van der Waals surface area contributed by atoms with Crippen LogP contribution >= 0.6 is 21.6 Å². The summed E-state index contributed by atoms with van der Waals surface area (Å²) in [7, 11) is 3.91. The molecule has 7 atom stereocenters. The smallest absolute Gasteiger partial charge is 0.334 e. The number of hydrogen-bond acceptors (Lipinski definition) is 15. The molecule has 15 heteroatoms. The summed E-state index contributed by atoms with van der Waals surface area (Å²) in [6.07, 6.45) is 5.94. The zero-order chi connectivity index (χ0) is 35.2. The van der Waals surface area contributed by atoms with E-state index in [1.165, 1.54) is 18.6 Å². The van der Waals surface area contributed by atoms with Crippen molar-refractivity contribution in [1.29, 1.82) is 0 Å². The zero-order valence-electron chi connectivity index (χ0n) is 29.1. The molecule has 4 heterocycles. The summed E-state index contributed by atoms with van der Waals surface area (Å²) in [6.45, 7) is 6.46. The van der Waals surface area contributed by atoms with Gasteiger partial charge in [-0.3, -0.25) is 14.4 Å². The van der Waals surface area contributed by atoms with Crippen LogP contribution in [0.15, 0.2) is 11.1 Å². The standard InChI is InChI=1S/C35H50O13S2/c1-23(35-28(47-35)21-27-26-22-45-32(39)25(26)9-11-34(27)33(35,2)48-34)46-31(38)8-7-30(37)44-19-17-42-15-13-40-12-14-41-16-18-43-29(36)6-4-3-5-24-10-20-49-50-24/h23-24,27-28H,3-22H2,1-2H3/t23?,24?,27?,28?,33-,34?,35?/m0/s1. The summed E-state index contributed by atoms with van der Waals surface area (Å²) >= 11 is 0. The number of rotatable bonds is 22. The minimum atomic E-state index is -0.738. The summed E-state index contributed by atoms with van der Waals surface area (Å²) in [5, 5.41) is 0.742. The van der Waals surface area contributed by atoms with Gasteiger partial charge in [-0.2, -0.15) is 0 Å². The summed E-state index contributed by atoms with van der Waals surface area (Å²) in [4.78, 5) is 48.8. The Bertz CT molecular complexity index is 1290. The third kappa shape index (κ3) is 8.18. The fourth-order valence-corrected chi connectivity index (χ4v) is 11.3. The second-order valence-electron chi connectivity index (χ2n) is 13.8. The van der Waals surface area contributed by atoms with Crippen LogP contribution in [0.2, 0.25) is 0 Å². The fourth-order valence-electron chi connectivity index (χ4n) is 8.24. The molecule has 6 aliphatic rings. The summed E-state index contributed by atoms with van der Waals surface area (Å²) in [6, 6.07) is 0. The van der Waals surface area contributed by atoms with E-state index in [1.54, 1.807) is 0 Å². The van der Waals surface area contributed by atoms with Gasteiger partial charge in [-0.15, -0.1) is 0 Å². The Morgan fingerprint density at radius 2 is 1.56 bits per heavy atom. The van der Waals surface area contributed by atoms with Gasteiger partial charge >= 0.3 is 23.9 Å². The maximum atomic E-state index is 12.7. The van der Waals surface area contributed by atoms with Gasteiger partial charge in [0.1, 0.15) is 37.1 Å². The summed E-state index contributed by atoms with van der Waals surface area (Å²) < 4.78 is 50.5. The number of cyclic esters (lactones) is 1. The fraction of sp³-hybridized carbons (Fsp3) is 0.829. The lowest BCUT2D eigenvalue weighted by atomic mass is 9.60. The minimum Gasteiger partial charge on any atom is -0.463 e. The van der Waals surface area contributed by atoms with Crippen LogP contribution in [-0.2, 0) is 61.8 Å². The van der Waals surface area contributed by atoms with Gasteiger partial charge in [0, 0.05) is 28.9 Å². The second kappa shape index (κ2) is 16.9. The molecule has 50 heavy (non-hydrogen) atoms. The number of ether oxygens (including phenoxy) is 9. The van der Waals surface area contributed by atoms with Gasteiger partial charge in [0.15, 0.2) is 5.60 Å². The third-order valence-corrected chi connectivity index (χ3v) is 13.9. The Morgan fingerprint density at radius 1 is 0.900 bits per heavy atom. The van der Waals surface area contributed by atoms with Crippen molar-refractivity contribution < 1.29 is 61.8 Å². The van der Waals surface area contributed by atoms with Crippen LogP contribution < -0.4 is 0 Å². The molecule has 13 nitrogen and oxygen atoms in total. The van der Waals surface area contributed by atoms with Crippen molar-refractivity contribution >= 4 is 45.5 Å². The van der Waals surface area contributed by atoms with Gasteiger partial charge in [0.2, 0.25) is 0 Å².